The van der Waals surface area contributed by atoms with E-state index in [9.17, 15) is 9.90 Å². The second-order valence-corrected chi connectivity index (χ2v) is 5.01. The summed E-state index contributed by atoms with van der Waals surface area (Å²) in [7, 11) is 0. The quantitative estimate of drug-likeness (QED) is 0.844. The van der Waals surface area contributed by atoms with Crippen LogP contribution >= 0.6 is 11.6 Å². The fourth-order valence-electron chi connectivity index (χ4n) is 2.27. The molecule has 2 unspecified atom stereocenters. The first kappa shape index (κ1) is 13.1. The molecule has 1 saturated heterocycles. The molecule has 1 aliphatic rings. The number of likely N-dealkylation sites (tertiary alicyclic amines) is 1. The fraction of sp³-hybridized carbons (Fsp3) is 0.500. The summed E-state index contributed by atoms with van der Waals surface area (Å²) in [4.78, 5) is 17.9. The molecule has 1 amide bonds. The third kappa shape index (κ3) is 2.28. The van der Waals surface area contributed by atoms with Crippen molar-refractivity contribution in [1.29, 1.82) is 0 Å². The van der Waals surface area contributed by atoms with Crippen LogP contribution in [0.3, 0.4) is 0 Å². The lowest BCUT2D eigenvalue weighted by Gasteiger charge is -2.25. The summed E-state index contributed by atoms with van der Waals surface area (Å²) in [6.45, 7) is 2.65. The number of nitrogen functional groups attached to an aromatic ring is 1. The lowest BCUT2D eigenvalue weighted by Crippen LogP contribution is -2.39. The molecular formula is C12H16ClN3O2. The van der Waals surface area contributed by atoms with Gasteiger partial charge < -0.3 is 15.7 Å². The Morgan fingerprint density at radius 2 is 2.44 bits per heavy atom. The zero-order valence-corrected chi connectivity index (χ0v) is 10.9. The third-order valence-electron chi connectivity index (χ3n) is 3.45. The zero-order valence-electron chi connectivity index (χ0n) is 10.1. The Morgan fingerprint density at radius 1 is 1.72 bits per heavy atom. The molecule has 1 aliphatic heterocycles. The highest BCUT2D eigenvalue weighted by Crippen LogP contribution is 2.26. The van der Waals surface area contributed by atoms with Crippen LogP contribution in [0.25, 0.3) is 0 Å². The minimum absolute atomic E-state index is 0.0248. The van der Waals surface area contributed by atoms with E-state index < -0.39 is 0 Å². The Kier molecular flexibility index (Phi) is 3.73. The Morgan fingerprint density at radius 3 is 3.06 bits per heavy atom. The highest BCUT2D eigenvalue weighted by Gasteiger charge is 2.34. The topological polar surface area (TPSA) is 79.5 Å². The molecule has 0 radical (unpaired) electrons. The summed E-state index contributed by atoms with van der Waals surface area (Å²) >= 11 is 5.86. The monoisotopic (exact) mass is 269 g/mol. The van der Waals surface area contributed by atoms with Crippen molar-refractivity contribution in [2.75, 3.05) is 18.9 Å². The molecule has 18 heavy (non-hydrogen) atoms. The third-order valence-corrected chi connectivity index (χ3v) is 3.75. The number of amides is 1. The molecule has 2 heterocycles. The van der Waals surface area contributed by atoms with Crippen LogP contribution in [0.2, 0.25) is 5.02 Å². The minimum atomic E-state index is -0.159. The molecule has 6 heteroatoms. The number of hydrogen-bond donors (Lipinski definition) is 2. The van der Waals surface area contributed by atoms with E-state index in [-0.39, 0.29) is 29.4 Å². The van der Waals surface area contributed by atoms with E-state index in [1.165, 1.54) is 12.3 Å². The smallest absolute Gasteiger partial charge is 0.255 e. The predicted octanol–water partition coefficient (Wildman–Crippen LogP) is 1.16. The van der Waals surface area contributed by atoms with Gasteiger partial charge in [0.05, 0.1) is 23.2 Å². The van der Waals surface area contributed by atoms with Crippen molar-refractivity contribution in [3.8, 4) is 0 Å². The van der Waals surface area contributed by atoms with Crippen LogP contribution in [-0.2, 0) is 0 Å². The first-order chi connectivity index (χ1) is 8.54. The SMILES string of the molecule is CC1CCN(C(=O)c2cnc(N)c(Cl)c2)C1CO. The number of anilines is 1. The fourth-order valence-corrected chi connectivity index (χ4v) is 2.44. The minimum Gasteiger partial charge on any atom is -0.394 e. The van der Waals surface area contributed by atoms with E-state index in [1.807, 2.05) is 6.92 Å². The molecule has 0 saturated carbocycles. The maximum Gasteiger partial charge on any atom is 0.255 e. The summed E-state index contributed by atoms with van der Waals surface area (Å²) in [5, 5.41) is 9.62. The van der Waals surface area contributed by atoms with E-state index in [4.69, 9.17) is 17.3 Å². The van der Waals surface area contributed by atoms with Crippen LogP contribution in [-0.4, -0.2) is 40.1 Å². The van der Waals surface area contributed by atoms with Gasteiger partial charge >= 0.3 is 0 Å². The molecule has 0 aromatic carbocycles. The van der Waals surface area contributed by atoms with Crippen LogP contribution in [0.1, 0.15) is 23.7 Å². The highest BCUT2D eigenvalue weighted by atomic mass is 35.5. The van der Waals surface area contributed by atoms with Gasteiger partial charge in [0.1, 0.15) is 5.82 Å². The van der Waals surface area contributed by atoms with Crippen molar-refractivity contribution in [2.45, 2.75) is 19.4 Å². The van der Waals surface area contributed by atoms with E-state index in [2.05, 4.69) is 4.98 Å². The summed E-state index contributed by atoms with van der Waals surface area (Å²) < 4.78 is 0. The number of pyridine rings is 1. The number of aromatic nitrogens is 1. The maximum atomic E-state index is 12.3. The van der Waals surface area contributed by atoms with Crippen molar-refractivity contribution in [3.63, 3.8) is 0 Å². The van der Waals surface area contributed by atoms with Gasteiger partial charge in [0.2, 0.25) is 0 Å². The van der Waals surface area contributed by atoms with Gasteiger partial charge in [-0.1, -0.05) is 18.5 Å². The molecule has 2 atom stereocenters. The van der Waals surface area contributed by atoms with Crippen LogP contribution in [0, 0.1) is 5.92 Å². The normalized spacial score (nSPS) is 23.4. The Balaban J connectivity index is 2.23. The zero-order chi connectivity index (χ0) is 13.3. The summed E-state index contributed by atoms with van der Waals surface area (Å²) in [5.74, 6) is 0.352. The average Bonchev–Trinajstić information content (AvgIpc) is 2.73. The van der Waals surface area contributed by atoms with E-state index >= 15 is 0 Å². The first-order valence-electron chi connectivity index (χ1n) is 5.87. The number of hydrogen-bond acceptors (Lipinski definition) is 4. The lowest BCUT2D eigenvalue weighted by atomic mass is 10.0. The molecule has 2 rings (SSSR count). The van der Waals surface area contributed by atoms with Gasteiger partial charge in [0.15, 0.2) is 0 Å². The van der Waals surface area contributed by atoms with Gasteiger partial charge in [0, 0.05) is 12.7 Å². The molecule has 1 aromatic heterocycles. The first-order valence-corrected chi connectivity index (χ1v) is 6.25. The Bertz CT molecular complexity index is 467. The van der Waals surface area contributed by atoms with Gasteiger partial charge in [-0.2, -0.15) is 0 Å². The number of aliphatic hydroxyl groups is 1. The summed E-state index contributed by atoms with van der Waals surface area (Å²) in [6, 6.07) is 1.39. The summed E-state index contributed by atoms with van der Waals surface area (Å²) in [5.41, 5.74) is 5.91. The van der Waals surface area contributed by atoms with E-state index in [0.29, 0.717) is 18.0 Å². The number of nitrogens with two attached hydrogens (primary N) is 1. The Labute approximate surface area is 111 Å². The molecule has 0 aliphatic carbocycles. The van der Waals surface area contributed by atoms with Crippen molar-refractivity contribution < 1.29 is 9.90 Å². The maximum absolute atomic E-state index is 12.3. The summed E-state index contributed by atoms with van der Waals surface area (Å²) in [6.07, 6.45) is 2.31. The molecule has 0 spiro atoms. The highest BCUT2D eigenvalue weighted by molar-refractivity contribution is 6.33. The number of nitrogens with zero attached hydrogens (tertiary/aromatic N) is 2. The average molecular weight is 270 g/mol. The second-order valence-electron chi connectivity index (χ2n) is 4.61. The Hall–Kier alpha value is -1.33. The molecule has 1 fully saturated rings. The van der Waals surface area contributed by atoms with Gasteiger partial charge in [0.25, 0.3) is 5.91 Å². The predicted molar refractivity (Wildman–Crippen MR) is 69.4 cm³/mol. The largest absolute Gasteiger partial charge is 0.394 e. The van der Waals surface area contributed by atoms with Crippen molar-refractivity contribution in [3.05, 3.63) is 22.8 Å². The van der Waals surface area contributed by atoms with Gasteiger partial charge in [-0.15, -0.1) is 0 Å². The van der Waals surface area contributed by atoms with Crippen LogP contribution in [0.15, 0.2) is 12.3 Å². The van der Waals surface area contributed by atoms with E-state index in [0.717, 1.165) is 6.42 Å². The molecular weight excluding hydrogens is 254 g/mol. The number of halogens is 1. The van der Waals surface area contributed by atoms with Gasteiger partial charge in [-0.05, 0) is 18.4 Å². The van der Waals surface area contributed by atoms with Crippen molar-refractivity contribution in [1.82, 2.24) is 9.88 Å². The lowest BCUT2D eigenvalue weighted by molar-refractivity contribution is 0.0648. The molecule has 0 bridgehead atoms. The van der Waals surface area contributed by atoms with Gasteiger partial charge in [-0.25, -0.2) is 4.98 Å². The number of carbonyl (C=O) groups excluding carboxylic acids is 1. The molecule has 5 nitrogen and oxygen atoms in total. The van der Waals surface area contributed by atoms with E-state index in [1.54, 1.807) is 4.90 Å². The van der Waals surface area contributed by atoms with Gasteiger partial charge in [-0.3, -0.25) is 4.79 Å². The van der Waals surface area contributed by atoms with Crippen LogP contribution < -0.4 is 5.73 Å². The number of carbonyl (C=O) groups is 1. The standard InChI is InChI=1S/C12H16ClN3O2/c1-7-2-3-16(10(7)6-17)12(18)8-4-9(13)11(14)15-5-8/h4-5,7,10,17H,2-3,6H2,1H3,(H2,14,15). The number of aliphatic hydroxyl groups excluding tert-OH is 1. The molecule has 3 N–H and O–H groups in total. The molecule has 1 aromatic rings. The second kappa shape index (κ2) is 5.12. The van der Waals surface area contributed by atoms with Crippen molar-refractivity contribution in [2.24, 2.45) is 5.92 Å². The number of rotatable bonds is 2. The van der Waals surface area contributed by atoms with Crippen LogP contribution in [0.5, 0.6) is 0 Å². The van der Waals surface area contributed by atoms with Crippen molar-refractivity contribution >= 4 is 23.3 Å². The molecule has 98 valence electrons. The van der Waals surface area contributed by atoms with Crippen LogP contribution in [0.4, 0.5) is 5.82 Å².